The van der Waals surface area contributed by atoms with Crippen LogP contribution in [-0.4, -0.2) is 11.1 Å². The first-order chi connectivity index (χ1) is 7.70. The molecule has 0 bridgehead atoms. The van der Waals surface area contributed by atoms with Crippen molar-refractivity contribution < 1.29 is 9.90 Å². The maximum absolute atomic E-state index is 10.2. The van der Waals surface area contributed by atoms with Crippen molar-refractivity contribution in [3.63, 3.8) is 0 Å². The smallest absolute Gasteiger partial charge is 0.335 e. The van der Waals surface area contributed by atoms with E-state index < -0.39 is 5.97 Å². The molecule has 1 N–H and O–H groups in total. The van der Waals surface area contributed by atoms with Crippen LogP contribution in [0.15, 0.2) is 65.1 Å². The monoisotopic (exact) mass is 294 g/mol. The lowest BCUT2D eigenvalue weighted by atomic mass is 10.2. The number of carboxylic acids is 1. The third-order valence-corrected chi connectivity index (χ3v) is 2.28. The molecule has 0 aromatic heterocycles. The molecule has 2 rings (SSSR count). The van der Waals surface area contributed by atoms with Gasteiger partial charge >= 0.3 is 5.97 Å². The van der Waals surface area contributed by atoms with Crippen molar-refractivity contribution in [3.8, 4) is 0 Å². The third-order valence-electron chi connectivity index (χ3n) is 1.75. The van der Waals surface area contributed by atoms with E-state index >= 15 is 0 Å². The highest BCUT2D eigenvalue weighted by molar-refractivity contribution is 9.10. The molecule has 0 amide bonds. The highest BCUT2D eigenvalue weighted by Crippen LogP contribution is 2.05. The Morgan fingerprint density at radius 2 is 1.29 bits per heavy atom. The minimum absolute atomic E-state index is 0. The van der Waals surface area contributed by atoms with Gasteiger partial charge in [-0.25, -0.2) is 4.79 Å². The summed E-state index contributed by atoms with van der Waals surface area (Å²) in [4.78, 5) is 10.2. The van der Waals surface area contributed by atoms with Crippen molar-refractivity contribution in [2.24, 2.45) is 0 Å². The van der Waals surface area contributed by atoms with Crippen LogP contribution in [0.4, 0.5) is 0 Å². The first-order valence-electron chi connectivity index (χ1n) is 4.69. The summed E-state index contributed by atoms with van der Waals surface area (Å²) in [6.07, 6.45) is 0. The molecule has 90 valence electrons. The number of rotatable bonds is 1. The Bertz CT molecular complexity index is 426. The Hall–Kier alpha value is -1.61. The van der Waals surface area contributed by atoms with E-state index in [1.165, 1.54) is 0 Å². The van der Waals surface area contributed by atoms with Gasteiger partial charge in [-0.1, -0.05) is 59.8 Å². The van der Waals surface area contributed by atoms with E-state index in [1.54, 1.807) is 30.3 Å². The van der Waals surface area contributed by atoms with Gasteiger partial charge < -0.3 is 5.11 Å². The molecule has 2 nitrogen and oxygen atoms in total. The second-order valence-corrected chi connectivity index (χ2v) is 3.88. The molecule has 0 spiro atoms. The molecule has 0 fully saturated rings. The van der Waals surface area contributed by atoms with Gasteiger partial charge in [0, 0.05) is 4.47 Å². The highest BCUT2D eigenvalue weighted by Gasteiger charge is 1.96. The zero-order chi connectivity index (χ0) is 11.8. The molecule has 0 aliphatic carbocycles. The topological polar surface area (TPSA) is 37.3 Å². The molecule has 0 aliphatic rings. The summed E-state index contributed by atoms with van der Waals surface area (Å²) in [6, 6.07) is 18.3. The quantitative estimate of drug-likeness (QED) is 0.842. The Balaban J connectivity index is 0.000000292. The molecule has 0 unspecified atom stereocenters. The van der Waals surface area contributed by atoms with Crippen LogP contribution in [0.3, 0.4) is 0 Å². The summed E-state index contributed by atoms with van der Waals surface area (Å²) in [7, 11) is 0. The summed E-state index contributed by atoms with van der Waals surface area (Å²) in [5.41, 5.74) is 0.331. The number of halogens is 1. The number of carboxylic acid groups (broad SMARTS) is 1. The molecule has 2 aromatic carbocycles. The van der Waals surface area contributed by atoms with Gasteiger partial charge in [0.25, 0.3) is 0 Å². The average molecular weight is 295 g/mol. The van der Waals surface area contributed by atoms with E-state index in [1.807, 2.05) is 30.3 Å². The van der Waals surface area contributed by atoms with E-state index in [2.05, 4.69) is 15.9 Å². The van der Waals surface area contributed by atoms with Gasteiger partial charge in [0.15, 0.2) is 0 Å². The Kier molecular flexibility index (Phi) is 7.72. The van der Waals surface area contributed by atoms with Crippen LogP contribution in [0.1, 0.15) is 17.8 Å². The SMILES string of the molecule is Brc1ccccc1.C.O=C(O)c1ccccc1. The summed E-state index contributed by atoms with van der Waals surface area (Å²) in [5.74, 6) is -0.879. The largest absolute Gasteiger partial charge is 0.478 e. The first-order valence-corrected chi connectivity index (χ1v) is 5.48. The molecular formula is C14H15BrO2. The summed E-state index contributed by atoms with van der Waals surface area (Å²) in [6.45, 7) is 0. The van der Waals surface area contributed by atoms with Crippen molar-refractivity contribution in [2.75, 3.05) is 0 Å². The van der Waals surface area contributed by atoms with Crippen LogP contribution in [0.2, 0.25) is 0 Å². The molecule has 0 saturated carbocycles. The zero-order valence-electron chi connectivity index (χ0n) is 8.51. The molecule has 17 heavy (non-hydrogen) atoms. The van der Waals surface area contributed by atoms with Crippen molar-refractivity contribution in [1.82, 2.24) is 0 Å². The maximum atomic E-state index is 10.2. The predicted octanol–water partition coefficient (Wildman–Crippen LogP) is 4.47. The minimum atomic E-state index is -0.879. The number of benzene rings is 2. The van der Waals surface area contributed by atoms with Crippen molar-refractivity contribution in [2.45, 2.75) is 7.43 Å². The van der Waals surface area contributed by atoms with Crippen LogP contribution in [0.5, 0.6) is 0 Å². The van der Waals surface area contributed by atoms with E-state index in [-0.39, 0.29) is 7.43 Å². The van der Waals surface area contributed by atoms with Gasteiger partial charge in [0.05, 0.1) is 5.56 Å². The van der Waals surface area contributed by atoms with Crippen LogP contribution in [0, 0.1) is 0 Å². The molecular weight excluding hydrogens is 280 g/mol. The van der Waals surface area contributed by atoms with Crippen LogP contribution >= 0.6 is 15.9 Å². The third kappa shape index (κ3) is 6.53. The van der Waals surface area contributed by atoms with E-state index in [9.17, 15) is 4.79 Å². The Morgan fingerprint density at radius 3 is 1.53 bits per heavy atom. The van der Waals surface area contributed by atoms with Crippen molar-refractivity contribution in [3.05, 3.63) is 70.7 Å². The molecule has 0 saturated heterocycles. The fourth-order valence-electron chi connectivity index (χ4n) is 0.995. The summed E-state index contributed by atoms with van der Waals surface area (Å²) >= 11 is 3.31. The molecule has 0 atom stereocenters. The predicted molar refractivity (Wildman–Crippen MR) is 74.3 cm³/mol. The van der Waals surface area contributed by atoms with Gasteiger partial charge in [-0.15, -0.1) is 0 Å². The van der Waals surface area contributed by atoms with Crippen molar-refractivity contribution in [1.29, 1.82) is 0 Å². The van der Waals surface area contributed by atoms with Crippen LogP contribution in [0.25, 0.3) is 0 Å². The molecule has 3 heteroatoms. The first kappa shape index (κ1) is 15.4. The second kappa shape index (κ2) is 8.53. The zero-order valence-corrected chi connectivity index (χ0v) is 10.1. The maximum Gasteiger partial charge on any atom is 0.335 e. The Labute approximate surface area is 110 Å². The van der Waals surface area contributed by atoms with Gasteiger partial charge in [-0.05, 0) is 24.3 Å². The number of hydrogen-bond acceptors (Lipinski definition) is 1. The lowest BCUT2D eigenvalue weighted by Gasteiger charge is -1.88. The van der Waals surface area contributed by atoms with Gasteiger partial charge in [0.1, 0.15) is 0 Å². The average Bonchev–Trinajstić information content (AvgIpc) is 2.32. The lowest BCUT2D eigenvalue weighted by molar-refractivity contribution is 0.0697. The highest BCUT2D eigenvalue weighted by atomic mass is 79.9. The Morgan fingerprint density at radius 1 is 0.882 bits per heavy atom. The second-order valence-electron chi connectivity index (χ2n) is 2.97. The fourth-order valence-corrected chi connectivity index (χ4v) is 1.30. The van der Waals surface area contributed by atoms with Gasteiger partial charge in [0.2, 0.25) is 0 Å². The summed E-state index contributed by atoms with van der Waals surface area (Å²) in [5, 5.41) is 8.38. The number of carbonyl (C=O) groups is 1. The fraction of sp³-hybridized carbons (Fsp3) is 0.0714. The van der Waals surface area contributed by atoms with Gasteiger partial charge in [-0.3, -0.25) is 0 Å². The van der Waals surface area contributed by atoms with Crippen LogP contribution < -0.4 is 0 Å². The molecule has 2 aromatic rings. The van der Waals surface area contributed by atoms with E-state index in [0.29, 0.717) is 5.56 Å². The standard InChI is InChI=1S/C7H6O2.C6H5Br.CH4/c8-7(9)6-4-2-1-3-5-6;7-6-4-2-1-3-5-6;/h1-5H,(H,8,9);1-5H;1H4. The molecule has 0 heterocycles. The van der Waals surface area contributed by atoms with E-state index in [0.717, 1.165) is 4.47 Å². The summed E-state index contributed by atoms with van der Waals surface area (Å²) < 4.78 is 1.13. The van der Waals surface area contributed by atoms with Crippen molar-refractivity contribution >= 4 is 21.9 Å². The lowest BCUT2D eigenvalue weighted by Crippen LogP contribution is -1.93. The van der Waals surface area contributed by atoms with E-state index in [4.69, 9.17) is 5.11 Å². The minimum Gasteiger partial charge on any atom is -0.478 e. The number of aromatic carboxylic acids is 1. The molecule has 0 aliphatic heterocycles. The van der Waals surface area contributed by atoms with Crippen LogP contribution in [-0.2, 0) is 0 Å². The van der Waals surface area contributed by atoms with Gasteiger partial charge in [-0.2, -0.15) is 0 Å². The number of hydrogen-bond donors (Lipinski definition) is 1. The molecule has 0 radical (unpaired) electrons. The normalized spacial score (nSPS) is 8.29.